The van der Waals surface area contributed by atoms with Crippen molar-refractivity contribution in [2.75, 3.05) is 0 Å². The standard InChI is InChI=1S/C16H23N5O4S.C6H9ClN2O2S/c1-6-20-10-14(11(2)17-20)26(23,24)21-8-12-7-19(9-13(12)18-21)15(22)25-16(3,4)5;1-3-9-4-6(5(2)8-9)12(7,10)11/h8,10H,6-7,9H2,1-5H3;4H,3H2,1-2H3. The van der Waals surface area contributed by atoms with E-state index in [0.717, 1.165) is 4.09 Å². The van der Waals surface area contributed by atoms with E-state index in [1.807, 2.05) is 13.8 Å². The minimum Gasteiger partial charge on any atom is -0.444 e. The molecular weight excluding hydrogens is 558 g/mol. The third kappa shape index (κ3) is 6.56. The third-order valence-corrected chi connectivity index (χ3v) is 8.51. The van der Waals surface area contributed by atoms with Gasteiger partial charge >= 0.3 is 6.09 Å². The van der Waals surface area contributed by atoms with Crippen LogP contribution in [-0.4, -0.2) is 62.2 Å². The second-order valence-electron chi connectivity index (χ2n) is 9.62. The molecule has 16 heteroatoms. The lowest BCUT2D eigenvalue weighted by molar-refractivity contribution is 0.0239. The molecule has 4 rings (SSSR count). The molecule has 0 unspecified atom stereocenters. The van der Waals surface area contributed by atoms with Crippen molar-refractivity contribution in [2.45, 2.75) is 90.0 Å². The van der Waals surface area contributed by atoms with Crippen LogP contribution in [0.1, 0.15) is 57.3 Å². The fourth-order valence-electron chi connectivity index (χ4n) is 3.62. The Morgan fingerprint density at radius 2 is 1.45 bits per heavy atom. The lowest BCUT2D eigenvalue weighted by Crippen LogP contribution is -2.33. The van der Waals surface area contributed by atoms with Crippen LogP contribution in [0.4, 0.5) is 4.79 Å². The quantitative estimate of drug-likeness (QED) is 0.409. The molecule has 0 aromatic carbocycles. The molecular formula is C22H32ClN7O6S2. The highest BCUT2D eigenvalue weighted by atomic mass is 35.7. The molecule has 4 heterocycles. The van der Waals surface area contributed by atoms with Gasteiger partial charge in [-0.3, -0.25) is 14.3 Å². The van der Waals surface area contributed by atoms with Crippen molar-refractivity contribution in [2.24, 2.45) is 0 Å². The third-order valence-electron chi connectivity index (χ3n) is 5.45. The minimum atomic E-state index is -3.82. The van der Waals surface area contributed by atoms with Crippen molar-refractivity contribution >= 4 is 35.8 Å². The van der Waals surface area contributed by atoms with Crippen molar-refractivity contribution in [1.29, 1.82) is 0 Å². The van der Waals surface area contributed by atoms with Gasteiger partial charge in [0.2, 0.25) is 0 Å². The molecule has 1 amide bonds. The van der Waals surface area contributed by atoms with Gasteiger partial charge in [0.05, 0.1) is 30.2 Å². The van der Waals surface area contributed by atoms with Crippen molar-refractivity contribution in [3.63, 3.8) is 0 Å². The highest BCUT2D eigenvalue weighted by Gasteiger charge is 2.32. The molecule has 0 saturated carbocycles. The monoisotopic (exact) mass is 589 g/mol. The Kier molecular flexibility index (Phi) is 8.34. The Hall–Kier alpha value is -2.91. The Labute approximate surface area is 226 Å². The Balaban J connectivity index is 0.000000279. The molecule has 0 aliphatic carbocycles. The first kappa shape index (κ1) is 29.6. The van der Waals surface area contributed by atoms with E-state index in [2.05, 4.69) is 15.3 Å². The predicted octanol–water partition coefficient (Wildman–Crippen LogP) is 3.03. The maximum Gasteiger partial charge on any atom is 0.410 e. The van der Waals surface area contributed by atoms with Gasteiger partial charge in [-0.05, 0) is 48.5 Å². The van der Waals surface area contributed by atoms with Crippen LogP contribution in [0, 0.1) is 13.8 Å². The number of amides is 1. The van der Waals surface area contributed by atoms with Gasteiger partial charge in [-0.25, -0.2) is 13.2 Å². The number of carbonyl (C=O) groups excluding carboxylic acids is 1. The summed E-state index contributed by atoms with van der Waals surface area (Å²) in [4.78, 5) is 13.9. The normalized spacial score (nSPS) is 13.7. The highest BCUT2D eigenvalue weighted by molar-refractivity contribution is 8.13. The molecule has 0 radical (unpaired) electrons. The fourth-order valence-corrected chi connectivity index (χ4v) is 6.06. The summed E-state index contributed by atoms with van der Waals surface area (Å²) in [6.45, 7) is 14.1. The van der Waals surface area contributed by atoms with Crippen LogP contribution in [0.3, 0.4) is 0 Å². The summed E-state index contributed by atoms with van der Waals surface area (Å²) in [5, 5.41) is 12.3. The summed E-state index contributed by atoms with van der Waals surface area (Å²) in [5.41, 5.74) is 1.53. The molecule has 0 fully saturated rings. The van der Waals surface area contributed by atoms with E-state index in [1.165, 1.54) is 28.2 Å². The lowest BCUT2D eigenvalue weighted by atomic mass is 10.2. The van der Waals surface area contributed by atoms with Gasteiger partial charge in [-0.15, -0.1) is 0 Å². The summed E-state index contributed by atoms with van der Waals surface area (Å²) in [7, 11) is -2.30. The zero-order valence-electron chi connectivity index (χ0n) is 22.3. The molecule has 3 aromatic heterocycles. The zero-order chi connectivity index (χ0) is 28.6. The van der Waals surface area contributed by atoms with Gasteiger partial charge in [0.25, 0.3) is 19.1 Å². The average Bonchev–Trinajstić information content (AvgIpc) is 3.53. The largest absolute Gasteiger partial charge is 0.444 e. The Morgan fingerprint density at radius 1 is 0.921 bits per heavy atom. The number of hydrogen-bond acceptors (Lipinski definition) is 9. The maximum absolute atomic E-state index is 12.8. The van der Waals surface area contributed by atoms with Crippen molar-refractivity contribution in [3.8, 4) is 0 Å². The van der Waals surface area contributed by atoms with Gasteiger partial charge in [-0.2, -0.15) is 27.8 Å². The fraction of sp³-hybridized carbons (Fsp3) is 0.545. The van der Waals surface area contributed by atoms with Crippen molar-refractivity contribution in [1.82, 2.24) is 33.6 Å². The van der Waals surface area contributed by atoms with E-state index in [1.54, 1.807) is 39.3 Å². The molecule has 210 valence electrons. The van der Waals surface area contributed by atoms with Crippen LogP contribution >= 0.6 is 10.7 Å². The number of aryl methyl sites for hydroxylation is 4. The van der Waals surface area contributed by atoms with Crippen LogP contribution in [0.2, 0.25) is 0 Å². The summed E-state index contributed by atoms with van der Waals surface area (Å²) >= 11 is 0. The summed E-state index contributed by atoms with van der Waals surface area (Å²) in [6.07, 6.45) is 3.95. The zero-order valence-corrected chi connectivity index (χ0v) is 24.7. The molecule has 13 nitrogen and oxygen atoms in total. The number of fused-ring (bicyclic) bond motifs is 1. The molecule has 0 saturated heterocycles. The van der Waals surface area contributed by atoms with Gasteiger partial charge in [0, 0.05) is 47.9 Å². The van der Waals surface area contributed by atoms with E-state index >= 15 is 0 Å². The first-order chi connectivity index (χ1) is 17.5. The Bertz CT molecular complexity index is 1530. The molecule has 38 heavy (non-hydrogen) atoms. The van der Waals surface area contributed by atoms with E-state index in [4.69, 9.17) is 15.4 Å². The number of ether oxygens (including phenoxy) is 1. The van der Waals surface area contributed by atoms with Crippen molar-refractivity contribution in [3.05, 3.63) is 41.2 Å². The highest BCUT2D eigenvalue weighted by Crippen LogP contribution is 2.26. The number of aromatic nitrogens is 6. The topological polar surface area (TPSA) is 151 Å². The van der Waals surface area contributed by atoms with E-state index in [-0.39, 0.29) is 22.9 Å². The molecule has 0 N–H and O–H groups in total. The van der Waals surface area contributed by atoms with Crippen LogP contribution in [-0.2, 0) is 50.0 Å². The predicted molar refractivity (Wildman–Crippen MR) is 139 cm³/mol. The average molecular weight is 590 g/mol. The number of carbonyl (C=O) groups is 1. The Morgan fingerprint density at radius 3 is 1.87 bits per heavy atom. The first-order valence-corrected chi connectivity index (χ1v) is 15.5. The van der Waals surface area contributed by atoms with E-state index in [0.29, 0.717) is 35.7 Å². The number of hydrogen-bond donors (Lipinski definition) is 0. The number of rotatable bonds is 5. The van der Waals surface area contributed by atoms with Gasteiger partial charge in [0.15, 0.2) is 0 Å². The van der Waals surface area contributed by atoms with Crippen LogP contribution < -0.4 is 0 Å². The number of nitrogens with zero attached hydrogens (tertiary/aromatic N) is 7. The summed E-state index contributed by atoms with van der Waals surface area (Å²) < 4.78 is 56.9. The molecule has 3 aromatic rings. The van der Waals surface area contributed by atoms with Crippen LogP contribution in [0.5, 0.6) is 0 Å². The maximum atomic E-state index is 12.8. The second-order valence-corrected chi connectivity index (χ2v) is 13.9. The van der Waals surface area contributed by atoms with Crippen LogP contribution in [0.15, 0.2) is 28.4 Å². The lowest BCUT2D eigenvalue weighted by Gasteiger charge is -2.24. The molecule has 0 spiro atoms. The summed E-state index contributed by atoms with van der Waals surface area (Å²) in [5.74, 6) is 0. The van der Waals surface area contributed by atoms with Gasteiger partial charge in [-0.1, -0.05) is 0 Å². The van der Waals surface area contributed by atoms with Crippen molar-refractivity contribution < 1.29 is 26.4 Å². The first-order valence-electron chi connectivity index (χ1n) is 11.8. The smallest absolute Gasteiger partial charge is 0.410 e. The number of halogens is 1. The van der Waals surface area contributed by atoms with Crippen LogP contribution in [0.25, 0.3) is 0 Å². The summed E-state index contributed by atoms with van der Waals surface area (Å²) in [6, 6.07) is 0. The van der Waals surface area contributed by atoms with Gasteiger partial charge in [0.1, 0.15) is 15.4 Å². The molecule has 1 aliphatic rings. The van der Waals surface area contributed by atoms with E-state index in [9.17, 15) is 21.6 Å². The van der Waals surface area contributed by atoms with E-state index < -0.39 is 30.8 Å². The molecule has 0 bridgehead atoms. The SMILES string of the molecule is CCn1cc(S(=O)(=O)Cl)c(C)n1.CCn1cc(S(=O)(=O)n2cc3c(n2)CN(C(=O)OC(C)(C)C)C3)c(C)n1. The van der Waals surface area contributed by atoms with Gasteiger partial charge < -0.3 is 4.74 Å². The minimum absolute atomic E-state index is 0.0889. The second kappa shape index (κ2) is 10.7. The molecule has 1 aliphatic heterocycles. The molecule has 0 atom stereocenters.